The molecule has 160 valence electrons. The molecule has 29 heavy (non-hydrogen) atoms. The van der Waals surface area contributed by atoms with Crippen molar-refractivity contribution in [2.24, 2.45) is 11.8 Å². The fourth-order valence-corrected chi connectivity index (χ4v) is 4.40. The summed E-state index contributed by atoms with van der Waals surface area (Å²) in [5, 5.41) is 0. The van der Waals surface area contributed by atoms with Gasteiger partial charge in [-0.2, -0.15) is 0 Å². The van der Waals surface area contributed by atoms with Gasteiger partial charge < -0.3 is 24.2 Å². The van der Waals surface area contributed by atoms with Crippen molar-refractivity contribution in [2.45, 2.75) is 25.7 Å². The number of carbonyl (C=O) groups excluding carboxylic acids is 2. The minimum Gasteiger partial charge on any atom is -0.493 e. The number of benzene rings is 1. The van der Waals surface area contributed by atoms with Gasteiger partial charge in [-0.15, -0.1) is 0 Å². The van der Waals surface area contributed by atoms with E-state index in [1.807, 2.05) is 21.9 Å². The summed E-state index contributed by atoms with van der Waals surface area (Å²) in [5.74, 6) is 2.25. The number of nitrogens with zero attached hydrogens (tertiary/aromatic N) is 3. The topological polar surface area (TPSA) is 62.3 Å². The van der Waals surface area contributed by atoms with E-state index >= 15 is 0 Å². The molecule has 0 saturated carbocycles. The number of methoxy groups -OCH3 is 2. The first kappa shape index (κ1) is 21.3. The van der Waals surface area contributed by atoms with Gasteiger partial charge in [0.25, 0.3) is 0 Å². The van der Waals surface area contributed by atoms with E-state index in [0.717, 1.165) is 50.3 Å². The van der Waals surface area contributed by atoms with Crippen LogP contribution in [0, 0.1) is 11.8 Å². The van der Waals surface area contributed by atoms with Gasteiger partial charge in [0, 0.05) is 46.2 Å². The summed E-state index contributed by atoms with van der Waals surface area (Å²) in [7, 11) is 6.82. The van der Waals surface area contributed by atoms with Crippen molar-refractivity contribution in [1.29, 1.82) is 0 Å². The predicted octanol–water partition coefficient (Wildman–Crippen LogP) is 2.49. The maximum atomic E-state index is 13.0. The van der Waals surface area contributed by atoms with Crippen molar-refractivity contribution in [2.75, 3.05) is 54.5 Å². The Kier molecular flexibility index (Phi) is 6.87. The van der Waals surface area contributed by atoms with Crippen molar-refractivity contribution >= 4 is 11.9 Å². The minimum atomic E-state index is 0.0343. The Hall–Kier alpha value is -2.44. The van der Waals surface area contributed by atoms with Gasteiger partial charge >= 0.3 is 6.03 Å². The van der Waals surface area contributed by atoms with Crippen molar-refractivity contribution in [3.63, 3.8) is 0 Å². The van der Waals surface area contributed by atoms with Crippen LogP contribution in [0.1, 0.15) is 24.8 Å². The summed E-state index contributed by atoms with van der Waals surface area (Å²) < 4.78 is 10.7. The summed E-state index contributed by atoms with van der Waals surface area (Å²) in [6.07, 6.45) is 3.47. The van der Waals surface area contributed by atoms with E-state index in [9.17, 15) is 9.59 Å². The number of amides is 3. The smallest absolute Gasteiger partial charge is 0.319 e. The Balaban J connectivity index is 1.51. The first-order chi connectivity index (χ1) is 13.9. The highest BCUT2D eigenvalue weighted by atomic mass is 16.5. The Morgan fingerprint density at radius 2 is 1.66 bits per heavy atom. The van der Waals surface area contributed by atoms with Gasteiger partial charge in [-0.05, 0) is 49.3 Å². The molecule has 1 atom stereocenters. The first-order valence-electron chi connectivity index (χ1n) is 10.4. The number of ether oxygens (including phenoxy) is 2. The van der Waals surface area contributed by atoms with Crippen LogP contribution >= 0.6 is 0 Å². The number of carbonyl (C=O) groups is 2. The van der Waals surface area contributed by atoms with E-state index in [-0.39, 0.29) is 17.9 Å². The predicted molar refractivity (Wildman–Crippen MR) is 111 cm³/mol. The van der Waals surface area contributed by atoms with Crippen LogP contribution in [-0.2, 0) is 11.2 Å². The molecule has 1 aromatic rings. The second-order valence-corrected chi connectivity index (χ2v) is 8.27. The van der Waals surface area contributed by atoms with Gasteiger partial charge in [-0.1, -0.05) is 6.07 Å². The molecule has 1 aromatic carbocycles. The lowest BCUT2D eigenvalue weighted by Gasteiger charge is -2.34. The molecule has 0 bridgehead atoms. The van der Waals surface area contributed by atoms with Crippen LogP contribution in [0.5, 0.6) is 11.5 Å². The molecule has 2 aliphatic heterocycles. The summed E-state index contributed by atoms with van der Waals surface area (Å²) in [6, 6.07) is 6.07. The number of piperidine rings is 1. The van der Waals surface area contributed by atoms with E-state index in [1.54, 1.807) is 33.2 Å². The standard InChI is InChI=1S/C22H33N3O4/c1-23(2)22(27)24-11-8-18(9-12-24)21(26)25-10-7-17(15-25)13-16-5-6-19(28-3)20(14-16)29-4/h5-6,14,17-18H,7-13,15H2,1-4H3. The third-order valence-electron chi connectivity index (χ3n) is 6.07. The Labute approximate surface area is 173 Å². The van der Waals surface area contributed by atoms with Gasteiger partial charge in [0.15, 0.2) is 11.5 Å². The summed E-state index contributed by atoms with van der Waals surface area (Å²) in [5.41, 5.74) is 1.21. The molecular formula is C22H33N3O4. The van der Waals surface area contributed by atoms with Crippen LogP contribution in [0.4, 0.5) is 4.79 Å². The van der Waals surface area contributed by atoms with Gasteiger partial charge in [-0.3, -0.25) is 4.79 Å². The first-order valence-corrected chi connectivity index (χ1v) is 10.4. The molecular weight excluding hydrogens is 370 g/mol. The molecule has 1 unspecified atom stereocenters. The Morgan fingerprint density at radius 3 is 2.28 bits per heavy atom. The van der Waals surface area contributed by atoms with E-state index in [2.05, 4.69) is 6.07 Å². The molecule has 0 aliphatic carbocycles. The molecule has 2 fully saturated rings. The van der Waals surface area contributed by atoms with E-state index < -0.39 is 0 Å². The van der Waals surface area contributed by atoms with Gasteiger partial charge in [0.05, 0.1) is 14.2 Å². The average Bonchev–Trinajstić information content (AvgIpc) is 3.21. The average molecular weight is 404 g/mol. The molecule has 2 heterocycles. The van der Waals surface area contributed by atoms with Crippen molar-refractivity contribution in [3.05, 3.63) is 23.8 Å². The monoisotopic (exact) mass is 403 g/mol. The quantitative estimate of drug-likeness (QED) is 0.758. The van der Waals surface area contributed by atoms with E-state index in [1.165, 1.54) is 5.56 Å². The lowest BCUT2D eigenvalue weighted by atomic mass is 9.95. The molecule has 3 rings (SSSR count). The van der Waals surface area contributed by atoms with Gasteiger partial charge in [0.1, 0.15) is 0 Å². The number of hydrogen-bond acceptors (Lipinski definition) is 4. The number of urea groups is 1. The Morgan fingerprint density at radius 1 is 1.00 bits per heavy atom. The van der Waals surface area contributed by atoms with Crippen LogP contribution in [0.3, 0.4) is 0 Å². The van der Waals surface area contributed by atoms with Crippen molar-refractivity contribution in [3.8, 4) is 11.5 Å². The van der Waals surface area contributed by atoms with Crippen LogP contribution in [0.25, 0.3) is 0 Å². The second kappa shape index (κ2) is 9.37. The Bertz CT molecular complexity index is 729. The zero-order chi connectivity index (χ0) is 21.0. The molecule has 2 saturated heterocycles. The molecule has 0 aromatic heterocycles. The van der Waals surface area contributed by atoms with Gasteiger partial charge in [0.2, 0.25) is 5.91 Å². The van der Waals surface area contributed by atoms with Crippen LogP contribution in [0.2, 0.25) is 0 Å². The highest BCUT2D eigenvalue weighted by molar-refractivity contribution is 5.80. The lowest BCUT2D eigenvalue weighted by molar-refractivity contribution is -0.135. The fraction of sp³-hybridized carbons (Fsp3) is 0.636. The minimum absolute atomic E-state index is 0.0343. The second-order valence-electron chi connectivity index (χ2n) is 8.27. The van der Waals surface area contributed by atoms with Crippen molar-refractivity contribution < 1.29 is 19.1 Å². The molecule has 0 spiro atoms. The number of hydrogen-bond donors (Lipinski definition) is 0. The SMILES string of the molecule is COc1ccc(CC2CCN(C(=O)C3CCN(C(=O)N(C)C)CC3)C2)cc1OC. The third kappa shape index (κ3) is 4.95. The molecule has 0 radical (unpaired) electrons. The van der Waals surface area contributed by atoms with E-state index in [4.69, 9.17) is 9.47 Å². The van der Waals surface area contributed by atoms with Crippen molar-refractivity contribution in [1.82, 2.24) is 14.7 Å². The third-order valence-corrected chi connectivity index (χ3v) is 6.07. The zero-order valence-corrected chi connectivity index (χ0v) is 18.0. The van der Waals surface area contributed by atoms with Gasteiger partial charge in [-0.25, -0.2) is 4.79 Å². The normalized spacial score (nSPS) is 19.9. The van der Waals surface area contributed by atoms with Crippen LogP contribution in [-0.4, -0.2) is 81.1 Å². The maximum absolute atomic E-state index is 13.0. The molecule has 2 aliphatic rings. The largest absolute Gasteiger partial charge is 0.493 e. The highest BCUT2D eigenvalue weighted by Gasteiger charge is 2.34. The highest BCUT2D eigenvalue weighted by Crippen LogP contribution is 2.31. The zero-order valence-electron chi connectivity index (χ0n) is 18.0. The molecule has 3 amide bonds. The van der Waals surface area contributed by atoms with Crippen LogP contribution in [0.15, 0.2) is 18.2 Å². The molecule has 7 heteroatoms. The van der Waals surface area contributed by atoms with E-state index in [0.29, 0.717) is 19.0 Å². The number of rotatable bonds is 5. The number of likely N-dealkylation sites (tertiary alicyclic amines) is 2. The molecule has 7 nitrogen and oxygen atoms in total. The maximum Gasteiger partial charge on any atom is 0.319 e. The summed E-state index contributed by atoms with van der Waals surface area (Å²) in [6.45, 7) is 2.96. The summed E-state index contributed by atoms with van der Waals surface area (Å²) >= 11 is 0. The molecule has 0 N–H and O–H groups in total. The summed E-state index contributed by atoms with van der Waals surface area (Å²) in [4.78, 5) is 30.5. The fourth-order valence-electron chi connectivity index (χ4n) is 4.40. The lowest BCUT2D eigenvalue weighted by Crippen LogP contribution is -2.47. The van der Waals surface area contributed by atoms with Crippen LogP contribution < -0.4 is 9.47 Å².